The summed E-state index contributed by atoms with van der Waals surface area (Å²) in [4.78, 5) is 8.14. The van der Waals surface area contributed by atoms with Crippen molar-refractivity contribution in [2.75, 3.05) is 19.8 Å². The first kappa shape index (κ1) is 10.0. The molecule has 4 heteroatoms. The Kier molecular flexibility index (Phi) is 3.59. The van der Waals surface area contributed by atoms with Crippen LogP contribution in [0.5, 0.6) is 0 Å². The molecule has 1 fully saturated rings. The van der Waals surface area contributed by atoms with Gasteiger partial charge in [-0.25, -0.2) is 9.97 Å². The lowest BCUT2D eigenvalue weighted by molar-refractivity contribution is 0.807. The molecule has 0 atom stereocenters. The summed E-state index contributed by atoms with van der Waals surface area (Å²) in [5.41, 5.74) is 0.810. The van der Waals surface area contributed by atoms with Crippen molar-refractivity contribution in [2.24, 2.45) is 0 Å². The predicted octanol–water partition coefficient (Wildman–Crippen LogP) is 0.766. The van der Waals surface area contributed by atoms with Crippen LogP contribution in [0, 0.1) is 0 Å². The Hall–Kier alpha value is -1.52. The molecular weight excluding hydrogens is 188 g/mol. The zero-order chi connectivity index (χ0) is 10.3. The first-order valence-corrected chi connectivity index (χ1v) is 5.04. The van der Waals surface area contributed by atoms with Crippen LogP contribution in [0.25, 0.3) is 11.0 Å². The van der Waals surface area contributed by atoms with Crippen LogP contribution in [0.4, 0.5) is 0 Å². The average molecular weight is 202 g/mol. The van der Waals surface area contributed by atoms with Gasteiger partial charge in [0.1, 0.15) is 0 Å². The molecule has 2 aromatic heterocycles. The van der Waals surface area contributed by atoms with Gasteiger partial charge in [0.15, 0.2) is 5.65 Å². The van der Waals surface area contributed by atoms with Crippen LogP contribution in [-0.4, -0.2) is 29.7 Å². The van der Waals surface area contributed by atoms with Gasteiger partial charge < -0.3 is 10.6 Å². The monoisotopic (exact) mass is 202 g/mol. The number of aromatic nitrogens is 2. The third-order valence-electron chi connectivity index (χ3n) is 2.10. The standard InChI is InChI=1S/C8H6N2.C3H8N2/c1-3-7-4-2-6-10-8(7)9-5-1;1-2-5-3-4-1/h1-6H;4-5H,1-3H2. The molecule has 1 aliphatic rings. The van der Waals surface area contributed by atoms with Crippen LogP contribution in [0.2, 0.25) is 0 Å². The molecule has 15 heavy (non-hydrogen) atoms. The van der Waals surface area contributed by atoms with Crippen LogP contribution in [0.3, 0.4) is 0 Å². The highest BCUT2D eigenvalue weighted by Crippen LogP contribution is 2.04. The minimum absolute atomic E-state index is 0.810. The fraction of sp³-hybridized carbons (Fsp3) is 0.273. The maximum atomic E-state index is 4.07. The summed E-state index contributed by atoms with van der Waals surface area (Å²) in [6.07, 6.45) is 3.49. The van der Waals surface area contributed by atoms with E-state index in [4.69, 9.17) is 0 Å². The van der Waals surface area contributed by atoms with Crippen molar-refractivity contribution in [3.63, 3.8) is 0 Å². The van der Waals surface area contributed by atoms with Crippen LogP contribution in [-0.2, 0) is 0 Å². The van der Waals surface area contributed by atoms with Gasteiger partial charge >= 0.3 is 0 Å². The number of hydrogen-bond acceptors (Lipinski definition) is 4. The molecule has 2 N–H and O–H groups in total. The Bertz CT molecular complexity index is 339. The third kappa shape index (κ3) is 2.97. The van der Waals surface area contributed by atoms with Crippen molar-refractivity contribution in [1.29, 1.82) is 0 Å². The number of hydrogen-bond donors (Lipinski definition) is 2. The first-order valence-electron chi connectivity index (χ1n) is 5.04. The third-order valence-corrected chi connectivity index (χ3v) is 2.10. The van der Waals surface area contributed by atoms with Gasteiger partial charge in [-0.3, -0.25) is 0 Å². The van der Waals surface area contributed by atoms with Crippen LogP contribution < -0.4 is 10.6 Å². The van der Waals surface area contributed by atoms with Gasteiger partial charge in [0.25, 0.3) is 0 Å². The van der Waals surface area contributed by atoms with E-state index < -0.39 is 0 Å². The Morgan fingerprint density at radius 1 is 0.933 bits per heavy atom. The Labute approximate surface area is 88.7 Å². The van der Waals surface area contributed by atoms with Crippen molar-refractivity contribution >= 4 is 11.0 Å². The number of fused-ring (bicyclic) bond motifs is 1. The van der Waals surface area contributed by atoms with Gasteiger partial charge in [-0.1, -0.05) is 0 Å². The molecular formula is C11H14N4. The lowest BCUT2D eigenvalue weighted by Crippen LogP contribution is -2.11. The SMILES string of the molecule is C1CNCN1.c1cnc2ncccc2c1. The summed E-state index contributed by atoms with van der Waals surface area (Å²) in [7, 11) is 0. The highest BCUT2D eigenvalue weighted by Gasteiger charge is 1.90. The van der Waals surface area contributed by atoms with E-state index in [1.165, 1.54) is 0 Å². The van der Waals surface area contributed by atoms with Crippen molar-refractivity contribution in [3.05, 3.63) is 36.7 Å². The Morgan fingerprint density at radius 2 is 1.53 bits per heavy atom. The minimum Gasteiger partial charge on any atom is -0.303 e. The normalized spacial score (nSPS) is 14.7. The molecule has 78 valence electrons. The van der Waals surface area contributed by atoms with E-state index >= 15 is 0 Å². The lowest BCUT2D eigenvalue weighted by Gasteiger charge is -1.90. The van der Waals surface area contributed by atoms with Gasteiger partial charge in [0.05, 0.1) is 0 Å². The highest BCUT2D eigenvalue weighted by molar-refractivity contribution is 5.73. The topological polar surface area (TPSA) is 49.8 Å². The first-order chi connectivity index (χ1) is 7.47. The van der Waals surface area contributed by atoms with E-state index in [0.29, 0.717) is 0 Å². The van der Waals surface area contributed by atoms with Gasteiger partial charge in [-0.15, -0.1) is 0 Å². The largest absolute Gasteiger partial charge is 0.303 e. The molecule has 0 unspecified atom stereocenters. The molecule has 0 amide bonds. The van der Waals surface area contributed by atoms with Crippen molar-refractivity contribution in [2.45, 2.75) is 0 Å². The van der Waals surface area contributed by atoms with E-state index in [2.05, 4.69) is 20.6 Å². The number of pyridine rings is 2. The second-order valence-corrected chi connectivity index (χ2v) is 3.23. The molecule has 3 heterocycles. The smallest absolute Gasteiger partial charge is 0.159 e. The molecule has 4 nitrogen and oxygen atoms in total. The van der Waals surface area contributed by atoms with E-state index in [9.17, 15) is 0 Å². The van der Waals surface area contributed by atoms with Gasteiger partial charge in [-0.05, 0) is 24.3 Å². The van der Waals surface area contributed by atoms with Gasteiger partial charge in [0.2, 0.25) is 0 Å². The van der Waals surface area contributed by atoms with Crippen LogP contribution in [0.1, 0.15) is 0 Å². The molecule has 2 aromatic rings. The highest BCUT2D eigenvalue weighted by atomic mass is 15.1. The molecule has 0 spiro atoms. The molecule has 3 rings (SSSR count). The van der Waals surface area contributed by atoms with Crippen molar-refractivity contribution in [1.82, 2.24) is 20.6 Å². The summed E-state index contributed by atoms with van der Waals surface area (Å²) < 4.78 is 0. The summed E-state index contributed by atoms with van der Waals surface area (Å²) in [5, 5.41) is 7.31. The zero-order valence-electron chi connectivity index (χ0n) is 8.48. The molecule has 0 radical (unpaired) electrons. The van der Waals surface area contributed by atoms with Crippen molar-refractivity contribution in [3.8, 4) is 0 Å². The lowest BCUT2D eigenvalue weighted by atomic mass is 10.3. The number of nitrogens with zero attached hydrogens (tertiary/aromatic N) is 2. The van der Waals surface area contributed by atoms with Crippen LogP contribution >= 0.6 is 0 Å². The molecule has 1 saturated heterocycles. The number of rotatable bonds is 0. The summed E-state index contributed by atoms with van der Waals surface area (Å²) in [5.74, 6) is 0. The molecule has 0 bridgehead atoms. The van der Waals surface area contributed by atoms with Crippen molar-refractivity contribution < 1.29 is 0 Å². The molecule has 1 aliphatic heterocycles. The minimum atomic E-state index is 0.810. The Balaban J connectivity index is 0.000000144. The zero-order valence-corrected chi connectivity index (χ0v) is 8.48. The summed E-state index contributed by atoms with van der Waals surface area (Å²) in [6, 6.07) is 7.80. The second-order valence-electron chi connectivity index (χ2n) is 3.23. The van der Waals surface area contributed by atoms with E-state index in [-0.39, 0.29) is 0 Å². The maximum absolute atomic E-state index is 4.07. The van der Waals surface area contributed by atoms with Gasteiger partial charge in [0, 0.05) is 37.5 Å². The Morgan fingerprint density at radius 3 is 1.93 bits per heavy atom. The average Bonchev–Trinajstić information content (AvgIpc) is 2.88. The fourth-order valence-corrected chi connectivity index (χ4v) is 1.35. The molecule has 0 aliphatic carbocycles. The molecule has 0 aromatic carbocycles. The van der Waals surface area contributed by atoms with E-state index in [0.717, 1.165) is 30.8 Å². The second kappa shape index (κ2) is 5.38. The van der Waals surface area contributed by atoms with E-state index in [1.54, 1.807) is 12.4 Å². The fourth-order valence-electron chi connectivity index (χ4n) is 1.35. The van der Waals surface area contributed by atoms with Crippen LogP contribution in [0.15, 0.2) is 36.7 Å². The van der Waals surface area contributed by atoms with E-state index in [1.807, 2.05) is 24.3 Å². The summed E-state index contributed by atoms with van der Waals surface area (Å²) in [6.45, 7) is 3.28. The number of nitrogens with one attached hydrogen (secondary N) is 2. The summed E-state index contributed by atoms with van der Waals surface area (Å²) >= 11 is 0. The predicted molar refractivity (Wildman–Crippen MR) is 60.4 cm³/mol. The molecule has 0 saturated carbocycles. The van der Waals surface area contributed by atoms with Gasteiger partial charge in [-0.2, -0.15) is 0 Å². The maximum Gasteiger partial charge on any atom is 0.159 e. The quantitative estimate of drug-likeness (QED) is 0.662.